The van der Waals surface area contributed by atoms with E-state index in [4.69, 9.17) is 4.74 Å². The van der Waals surface area contributed by atoms with Gasteiger partial charge >= 0.3 is 6.09 Å². The van der Waals surface area contributed by atoms with E-state index in [-0.39, 0.29) is 12.3 Å². The SMILES string of the molecule is CC(=O)C1CNCCN1C(=O)Oc1ccc([N+](=O)[O-])cc1F. The molecule has 22 heavy (non-hydrogen) atoms. The Balaban J connectivity index is 2.14. The first-order chi connectivity index (χ1) is 10.4. The summed E-state index contributed by atoms with van der Waals surface area (Å²) in [5, 5.41) is 13.5. The zero-order valence-electron chi connectivity index (χ0n) is 11.7. The summed E-state index contributed by atoms with van der Waals surface area (Å²) < 4.78 is 18.6. The van der Waals surface area contributed by atoms with Gasteiger partial charge in [-0.25, -0.2) is 9.18 Å². The molecule has 0 spiro atoms. The van der Waals surface area contributed by atoms with Crippen LogP contribution < -0.4 is 10.1 Å². The smallest absolute Gasteiger partial charge is 0.407 e. The lowest BCUT2D eigenvalue weighted by Gasteiger charge is -2.33. The molecule has 1 heterocycles. The number of rotatable bonds is 3. The van der Waals surface area contributed by atoms with Gasteiger partial charge in [-0.3, -0.25) is 19.8 Å². The van der Waals surface area contributed by atoms with Gasteiger partial charge in [0.2, 0.25) is 0 Å². The van der Waals surface area contributed by atoms with Crippen molar-refractivity contribution in [3.63, 3.8) is 0 Å². The minimum atomic E-state index is -1.02. The van der Waals surface area contributed by atoms with Crippen LogP contribution in [-0.2, 0) is 4.79 Å². The maximum Gasteiger partial charge on any atom is 0.416 e. The molecule has 1 aromatic carbocycles. The molecule has 2 rings (SSSR count). The lowest BCUT2D eigenvalue weighted by molar-refractivity contribution is -0.385. The monoisotopic (exact) mass is 311 g/mol. The third-order valence-electron chi connectivity index (χ3n) is 3.27. The summed E-state index contributed by atoms with van der Waals surface area (Å²) in [7, 11) is 0. The Morgan fingerprint density at radius 3 is 2.82 bits per heavy atom. The molecule has 1 aromatic rings. The predicted octanol–water partition coefficient (Wildman–Crippen LogP) is 1.10. The molecule has 0 aliphatic carbocycles. The highest BCUT2D eigenvalue weighted by atomic mass is 19.1. The maximum atomic E-state index is 13.7. The number of carbonyl (C=O) groups excluding carboxylic acids is 2. The van der Waals surface area contributed by atoms with Crippen LogP contribution in [0.25, 0.3) is 0 Å². The van der Waals surface area contributed by atoms with Crippen molar-refractivity contribution in [2.75, 3.05) is 19.6 Å². The number of nitrogens with one attached hydrogen (secondary N) is 1. The zero-order chi connectivity index (χ0) is 16.3. The number of piperazine rings is 1. The molecule has 8 nitrogen and oxygen atoms in total. The van der Waals surface area contributed by atoms with Crippen LogP contribution in [0.15, 0.2) is 18.2 Å². The van der Waals surface area contributed by atoms with Gasteiger partial charge in [0.25, 0.3) is 5.69 Å². The topological polar surface area (TPSA) is 102 Å². The summed E-state index contributed by atoms with van der Waals surface area (Å²) in [6, 6.07) is 2.03. The molecule has 0 aromatic heterocycles. The second kappa shape index (κ2) is 6.48. The number of nitrogens with zero attached hydrogens (tertiary/aromatic N) is 2. The average molecular weight is 311 g/mol. The zero-order valence-corrected chi connectivity index (χ0v) is 11.7. The summed E-state index contributed by atoms with van der Waals surface area (Å²) in [4.78, 5) is 34.6. The minimum Gasteiger partial charge on any atom is -0.407 e. The maximum absolute atomic E-state index is 13.7. The Morgan fingerprint density at radius 1 is 1.50 bits per heavy atom. The minimum absolute atomic E-state index is 0.215. The van der Waals surface area contributed by atoms with Crippen molar-refractivity contribution in [1.29, 1.82) is 0 Å². The number of non-ortho nitro benzene ring substituents is 1. The molecule has 1 aliphatic rings. The number of halogens is 1. The van der Waals surface area contributed by atoms with Crippen LogP contribution in [0.1, 0.15) is 6.92 Å². The number of hydrogen-bond acceptors (Lipinski definition) is 6. The summed E-state index contributed by atoms with van der Waals surface area (Å²) in [6.07, 6.45) is -0.866. The third kappa shape index (κ3) is 3.37. The Hall–Kier alpha value is -2.55. The lowest BCUT2D eigenvalue weighted by atomic mass is 10.1. The van der Waals surface area contributed by atoms with Gasteiger partial charge in [0.05, 0.1) is 11.0 Å². The average Bonchev–Trinajstić information content (AvgIpc) is 2.48. The van der Waals surface area contributed by atoms with Crippen LogP contribution >= 0.6 is 0 Å². The molecule has 0 saturated carbocycles. The van der Waals surface area contributed by atoms with Crippen molar-refractivity contribution in [3.05, 3.63) is 34.1 Å². The van der Waals surface area contributed by atoms with E-state index in [2.05, 4.69) is 5.32 Å². The first-order valence-corrected chi connectivity index (χ1v) is 6.53. The second-order valence-electron chi connectivity index (χ2n) is 4.76. The first kappa shape index (κ1) is 15.8. The van der Waals surface area contributed by atoms with Crippen LogP contribution in [-0.4, -0.2) is 47.4 Å². The normalized spacial score (nSPS) is 17.9. The predicted molar refractivity (Wildman–Crippen MR) is 73.1 cm³/mol. The summed E-state index contributed by atoms with van der Waals surface area (Å²) in [5.41, 5.74) is -0.443. The van der Waals surface area contributed by atoms with E-state index < -0.39 is 34.3 Å². The molecule has 9 heteroatoms. The molecule has 1 amide bonds. The molecule has 1 atom stereocenters. The molecular weight excluding hydrogens is 297 g/mol. The summed E-state index contributed by atoms with van der Waals surface area (Å²) >= 11 is 0. The molecule has 0 radical (unpaired) electrons. The largest absolute Gasteiger partial charge is 0.416 e. The number of ether oxygens (including phenoxy) is 1. The van der Waals surface area contributed by atoms with E-state index in [0.717, 1.165) is 12.1 Å². The number of Topliss-reactive ketones (excluding diaryl/α,β-unsaturated/α-hetero) is 1. The Bertz CT molecular complexity index is 622. The van der Waals surface area contributed by atoms with Gasteiger partial charge in [0.15, 0.2) is 17.3 Å². The van der Waals surface area contributed by atoms with Crippen molar-refractivity contribution in [2.45, 2.75) is 13.0 Å². The van der Waals surface area contributed by atoms with Gasteiger partial charge in [-0.05, 0) is 13.0 Å². The molecule has 0 bridgehead atoms. The first-order valence-electron chi connectivity index (χ1n) is 6.53. The lowest BCUT2D eigenvalue weighted by Crippen LogP contribution is -2.57. The van der Waals surface area contributed by atoms with Crippen molar-refractivity contribution in [1.82, 2.24) is 10.2 Å². The molecule has 1 saturated heterocycles. The van der Waals surface area contributed by atoms with Gasteiger partial charge in [-0.2, -0.15) is 0 Å². The van der Waals surface area contributed by atoms with Crippen molar-refractivity contribution in [2.24, 2.45) is 0 Å². The summed E-state index contributed by atoms with van der Waals surface area (Å²) in [5.74, 6) is -1.65. The molecule has 1 N–H and O–H groups in total. The quantitative estimate of drug-likeness (QED) is 0.662. The molecule has 118 valence electrons. The van der Waals surface area contributed by atoms with E-state index in [0.29, 0.717) is 19.2 Å². The second-order valence-corrected chi connectivity index (χ2v) is 4.76. The standard InChI is InChI=1S/C13H14FN3O5/c1-8(18)11-7-15-4-5-16(11)13(19)22-12-3-2-9(17(20)21)6-10(12)14/h2-3,6,11,15H,4-5,7H2,1H3. The molecular formula is C13H14FN3O5. The van der Waals surface area contributed by atoms with Crippen LogP contribution in [0.3, 0.4) is 0 Å². The molecule has 1 fully saturated rings. The van der Waals surface area contributed by atoms with Crippen molar-refractivity contribution >= 4 is 17.6 Å². The van der Waals surface area contributed by atoms with E-state index in [1.807, 2.05) is 0 Å². The van der Waals surface area contributed by atoms with Gasteiger partial charge < -0.3 is 10.1 Å². The number of amides is 1. The van der Waals surface area contributed by atoms with Crippen LogP contribution in [0.2, 0.25) is 0 Å². The van der Waals surface area contributed by atoms with Gasteiger partial charge in [0.1, 0.15) is 6.04 Å². The fraction of sp³-hybridized carbons (Fsp3) is 0.385. The van der Waals surface area contributed by atoms with Gasteiger partial charge in [-0.15, -0.1) is 0 Å². The number of benzene rings is 1. The number of nitro benzene ring substituents is 1. The highest BCUT2D eigenvalue weighted by molar-refractivity contribution is 5.86. The highest BCUT2D eigenvalue weighted by Crippen LogP contribution is 2.23. The van der Waals surface area contributed by atoms with E-state index in [9.17, 15) is 24.1 Å². The summed E-state index contributed by atoms with van der Waals surface area (Å²) in [6.45, 7) is 2.39. The highest BCUT2D eigenvalue weighted by Gasteiger charge is 2.31. The Labute approximate surface area is 125 Å². The van der Waals surface area contributed by atoms with Crippen LogP contribution in [0.5, 0.6) is 5.75 Å². The van der Waals surface area contributed by atoms with Crippen molar-refractivity contribution in [3.8, 4) is 5.75 Å². The number of carbonyl (C=O) groups is 2. The molecule has 1 unspecified atom stereocenters. The van der Waals surface area contributed by atoms with Gasteiger partial charge in [-0.1, -0.05) is 0 Å². The number of nitro groups is 1. The third-order valence-corrected chi connectivity index (χ3v) is 3.27. The fourth-order valence-corrected chi connectivity index (χ4v) is 2.12. The van der Waals surface area contributed by atoms with Crippen molar-refractivity contribution < 1.29 is 23.6 Å². The Morgan fingerprint density at radius 2 is 2.23 bits per heavy atom. The Kier molecular flexibility index (Phi) is 4.66. The van der Waals surface area contributed by atoms with Gasteiger partial charge in [0, 0.05) is 25.7 Å². The number of ketones is 1. The van der Waals surface area contributed by atoms with E-state index in [1.54, 1.807) is 0 Å². The van der Waals surface area contributed by atoms with Crippen LogP contribution in [0.4, 0.5) is 14.9 Å². The van der Waals surface area contributed by atoms with E-state index in [1.165, 1.54) is 11.8 Å². The number of hydrogen-bond donors (Lipinski definition) is 1. The fourth-order valence-electron chi connectivity index (χ4n) is 2.12. The van der Waals surface area contributed by atoms with Crippen LogP contribution in [0, 0.1) is 15.9 Å². The molecule has 1 aliphatic heterocycles. The van der Waals surface area contributed by atoms with E-state index >= 15 is 0 Å².